The van der Waals surface area contributed by atoms with Crippen LogP contribution in [0.3, 0.4) is 0 Å². The van der Waals surface area contributed by atoms with Crippen molar-refractivity contribution in [3.05, 3.63) is 70.2 Å². The number of aryl methyl sites for hydroxylation is 1. The summed E-state index contributed by atoms with van der Waals surface area (Å²) in [6.45, 7) is 4.25. The van der Waals surface area contributed by atoms with E-state index in [9.17, 15) is 4.79 Å². The van der Waals surface area contributed by atoms with Crippen LogP contribution < -0.4 is 10.6 Å². The van der Waals surface area contributed by atoms with Crippen LogP contribution in [0.15, 0.2) is 47.4 Å². The second-order valence-corrected chi connectivity index (χ2v) is 6.72. The van der Waals surface area contributed by atoms with Gasteiger partial charge in [-0.15, -0.1) is 0 Å². The quantitative estimate of drug-likeness (QED) is 0.779. The number of hydrogen-bond donors (Lipinski definition) is 1. The van der Waals surface area contributed by atoms with Crippen molar-refractivity contribution in [1.82, 2.24) is 24.7 Å². The van der Waals surface area contributed by atoms with Gasteiger partial charge in [-0.2, -0.15) is 5.10 Å². The zero-order chi connectivity index (χ0) is 17.9. The maximum atomic E-state index is 12.2. The molecule has 0 radical (unpaired) electrons. The number of aromatic nitrogens is 5. The highest BCUT2D eigenvalue weighted by molar-refractivity contribution is 5.31. The van der Waals surface area contributed by atoms with Gasteiger partial charge in [-0.05, 0) is 31.4 Å². The van der Waals surface area contributed by atoms with Crippen LogP contribution in [0, 0.1) is 6.92 Å². The van der Waals surface area contributed by atoms with Crippen LogP contribution in [0.25, 0.3) is 0 Å². The summed E-state index contributed by atoms with van der Waals surface area (Å²) in [6.07, 6.45) is 3.65. The van der Waals surface area contributed by atoms with Crippen molar-refractivity contribution in [2.24, 2.45) is 0 Å². The third kappa shape index (κ3) is 3.37. The van der Waals surface area contributed by atoms with Gasteiger partial charge in [-0.1, -0.05) is 30.3 Å². The summed E-state index contributed by atoms with van der Waals surface area (Å²) in [4.78, 5) is 23.3. The van der Waals surface area contributed by atoms with Crippen LogP contribution in [0.2, 0.25) is 0 Å². The van der Waals surface area contributed by atoms with Crippen molar-refractivity contribution in [1.29, 1.82) is 0 Å². The van der Waals surface area contributed by atoms with Crippen LogP contribution in [-0.4, -0.2) is 37.8 Å². The van der Waals surface area contributed by atoms with Crippen molar-refractivity contribution in [2.75, 3.05) is 18.0 Å². The Hall–Kier alpha value is -2.96. The maximum Gasteiger partial charge on any atom is 0.343 e. The average Bonchev–Trinajstić information content (AvgIpc) is 3.03. The van der Waals surface area contributed by atoms with E-state index in [-0.39, 0.29) is 11.6 Å². The van der Waals surface area contributed by atoms with Crippen molar-refractivity contribution in [3.8, 4) is 0 Å². The van der Waals surface area contributed by atoms with E-state index in [2.05, 4.69) is 25.1 Å². The number of piperidine rings is 1. The molecule has 1 aliphatic rings. The second kappa shape index (κ2) is 7.11. The number of anilines is 1. The highest BCUT2D eigenvalue weighted by Gasteiger charge is 2.26. The van der Waals surface area contributed by atoms with Crippen molar-refractivity contribution in [3.63, 3.8) is 0 Å². The lowest BCUT2D eigenvalue weighted by molar-refractivity contribution is 0.463. The van der Waals surface area contributed by atoms with Crippen molar-refractivity contribution in [2.45, 2.75) is 32.2 Å². The van der Waals surface area contributed by atoms with E-state index >= 15 is 0 Å². The molecular formula is C19H22N6O. The molecule has 2 aromatic heterocycles. The fourth-order valence-electron chi connectivity index (χ4n) is 3.49. The van der Waals surface area contributed by atoms with Crippen LogP contribution in [0.5, 0.6) is 0 Å². The number of hydrogen-bond acceptors (Lipinski definition) is 5. The first-order chi connectivity index (χ1) is 12.7. The standard InChI is InChI=1S/C19H22N6O/c1-14-7-10-20-18(21-14)24-11-8-16(9-12-24)17-22-23-19(26)25(17)13-15-5-3-2-4-6-15/h2-7,10,16H,8-9,11-13H2,1H3,(H,23,26). The van der Waals surface area contributed by atoms with E-state index < -0.39 is 0 Å². The van der Waals surface area contributed by atoms with Gasteiger partial charge in [-0.3, -0.25) is 4.57 Å². The highest BCUT2D eigenvalue weighted by atomic mass is 16.1. The molecule has 0 amide bonds. The van der Waals surface area contributed by atoms with Gasteiger partial charge in [0.1, 0.15) is 5.82 Å². The molecule has 0 spiro atoms. The summed E-state index contributed by atoms with van der Waals surface area (Å²) in [5, 5.41) is 6.95. The molecule has 1 saturated heterocycles. The first-order valence-corrected chi connectivity index (χ1v) is 8.94. The summed E-state index contributed by atoms with van der Waals surface area (Å²) < 4.78 is 1.76. The SMILES string of the molecule is Cc1ccnc(N2CCC(c3n[nH]c(=O)n3Cc3ccccc3)CC2)n1. The van der Waals surface area contributed by atoms with Crippen LogP contribution in [0.1, 0.15) is 35.8 Å². The molecule has 26 heavy (non-hydrogen) atoms. The van der Waals surface area contributed by atoms with E-state index in [0.717, 1.165) is 49.0 Å². The predicted octanol–water partition coefficient (Wildman–Crippen LogP) is 2.10. The van der Waals surface area contributed by atoms with Gasteiger partial charge in [0.2, 0.25) is 5.95 Å². The molecule has 1 N–H and O–H groups in total. The molecule has 7 nitrogen and oxygen atoms in total. The first kappa shape index (κ1) is 16.5. The Morgan fingerprint density at radius 3 is 2.65 bits per heavy atom. The molecular weight excluding hydrogens is 328 g/mol. The minimum Gasteiger partial charge on any atom is -0.341 e. The summed E-state index contributed by atoms with van der Waals surface area (Å²) in [5.74, 6) is 1.90. The molecule has 0 saturated carbocycles. The van der Waals surface area contributed by atoms with Crippen LogP contribution in [0.4, 0.5) is 5.95 Å². The molecule has 4 rings (SSSR count). The zero-order valence-electron chi connectivity index (χ0n) is 14.8. The third-order valence-corrected chi connectivity index (χ3v) is 4.90. The lowest BCUT2D eigenvalue weighted by Crippen LogP contribution is -2.35. The predicted molar refractivity (Wildman–Crippen MR) is 99.3 cm³/mol. The fraction of sp³-hybridized carbons (Fsp3) is 0.368. The maximum absolute atomic E-state index is 12.2. The Morgan fingerprint density at radius 2 is 1.92 bits per heavy atom. The zero-order valence-corrected chi connectivity index (χ0v) is 14.8. The third-order valence-electron chi connectivity index (χ3n) is 4.90. The molecule has 134 valence electrons. The average molecular weight is 350 g/mol. The highest BCUT2D eigenvalue weighted by Crippen LogP contribution is 2.27. The Kier molecular flexibility index (Phi) is 4.51. The first-order valence-electron chi connectivity index (χ1n) is 8.94. The van der Waals surface area contributed by atoms with Crippen molar-refractivity contribution < 1.29 is 0 Å². The number of rotatable bonds is 4. The van der Waals surface area contributed by atoms with Gasteiger partial charge < -0.3 is 4.90 Å². The van der Waals surface area contributed by atoms with Gasteiger partial charge in [-0.25, -0.2) is 19.9 Å². The Morgan fingerprint density at radius 1 is 1.15 bits per heavy atom. The largest absolute Gasteiger partial charge is 0.343 e. The van der Waals surface area contributed by atoms with Gasteiger partial charge in [0, 0.05) is 30.9 Å². The van der Waals surface area contributed by atoms with Crippen LogP contribution in [-0.2, 0) is 6.54 Å². The molecule has 7 heteroatoms. The minimum absolute atomic E-state index is 0.145. The number of benzene rings is 1. The van der Waals surface area contributed by atoms with Gasteiger partial charge >= 0.3 is 5.69 Å². The van der Waals surface area contributed by atoms with E-state index in [1.54, 1.807) is 10.8 Å². The normalized spacial score (nSPS) is 15.3. The Bertz CT molecular complexity index is 924. The summed E-state index contributed by atoms with van der Waals surface area (Å²) in [6, 6.07) is 11.9. The smallest absolute Gasteiger partial charge is 0.341 e. The van der Waals surface area contributed by atoms with Crippen LogP contribution >= 0.6 is 0 Å². The fourth-order valence-corrected chi connectivity index (χ4v) is 3.49. The van der Waals surface area contributed by atoms with E-state index in [1.807, 2.05) is 43.3 Å². The molecule has 0 aliphatic carbocycles. The molecule has 0 atom stereocenters. The van der Waals surface area contributed by atoms with E-state index in [0.29, 0.717) is 6.54 Å². The minimum atomic E-state index is -0.145. The number of nitrogens with one attached hydrogen (secondary N) is 1. The molecule has 0 unspecified atom stereocenters. The lowest BCUT2D eigenvalue weighted by atomic mass is 9.96. The topological polar surface area (TPSA) is 79.7 Å². The summed E-state index contributed by atoms with van der Waals surface area (Å²) >= 11 is 0. The number of nitrogens with zero attached hydrogens (tertiary/aromatic N) is 5. The molecule has 1 aromatic carbocycles. The Balaban J connectivity index is 1.49. The summed E-state index contributed by atoms with van der Waals surface area (Å²) in [5.41, 5.74) is 1.93. The number of H-pyrrole nitrogens is 1. The molecule has 3 heterocycles. The lowest BCUT2D eigenvalue weighted by Gasteiger charge is -2.31. The van der Waals surface area contributed by atoms with Gasteiger partial charge in [0.15, 0.2) is 0 Å². The van der Waals surface area contributed by atoms with Gasteiger partial charge in [0.25, 0.3) is 0 Å². The monoisotopic (exact) mass is 350 g/mol. The van der Waals surface area contributed by atoms with Crippen molar-refractivity contribution >= 4 is 5.95 Å². The molecule has 3 aromatic rings. The number of aromatic amines is 1. The van der Waals surface area contributed by atoms with E-state index in [1.165, 1.54) is 0 Å². The molecule has 1 aliphatic heterocycles. The molecule has 0 bridgehead atoms. The second-order valence-electron chi connectivity index (χ2n) is 6.72. The molecule has 1 fully saturated rings. The Labute approximate surface area is 151 Å². The summed E-state index contributed by atoms with van der Waals surface area (Å²) in [7, 11) is 0. The van der Waals surface area contributed by atoms with Gasteiger partial charge in [0.05, 0.1) is 6.54 Å². The van der Waals surface area contributed by atoms with E-state index in [4.69, 9.17) is 0 Å².